The zero-order valence-electron chi connectivity index (χ0n) is 12.4. The van der Waals surface area contributed by atoms with E-state index in [2.05, 4.69) is 61.6 Å². The first-order chi connectivity index (χ1) is 9.72. The third kappa shape index (κ3) is 2.94. The second-order valence-corrected chi connectivity index (χ2v) is 6.07. The molecule has 0 atom stereocenters. The maximum atomic E-state index is 3.45. The van der Waals surface area contributed by atoms with Gasteiger partial charge in [-0.05, 0) is 47.1 Å². The van der Waals surface area contributed by atoms with Gasteiger partial charge in [-0.15, -0.1) is 0 Å². The van der Waals surface area contributed by atoms with Gasteiger partial charge in [0.1, 0.15) is 0 Å². The number of fused-ring (bicyclic) bond motifs is 1. The Bertz CT molecular complexity index is 581. The Hall–Kier alpha value is -1.60. The van der Waals surface area contributed by atoms with Crippen LogP contribution in [0.25, 0.3) is 11.1 Å². The van der Waals surface area contributed by atoms with Crippen LogP contribution in [0.5, 0.6) is 0 Å². The maximum absolute atomic E-state index is 3.45. The highest BCUT2D eigenvalue weighted by Gasteiger charge is 2.11. The molecule has 0 spiro atoms. The van der Waals surface area contributed by atoms with Gasteiger partial charge in [0.2, 0.25) is 0 Å². The van der Waals surface area contributed by atoms with Crippen molar-refractivity contribution in [1.29, 1.82) is 0 Å². The molecule has 0 aliphatic heterocycles. The van der Waals surface area contributed by atoms with E-state index >= 15 is 0 Å². The molecule has 104 valence electrons. The minimum absolute atomic E-state index is 0.534. The van der Waals surface area contributed by atoms with Crippen molar-refractivity contribution >= 4 is 0 Å². The van der Waals surface area contributed by atoms with Gasteiger partial charge in [0.25, 0.3) is 0 Å². The molecule has 0 saturated heterocycles. The van der Waals surface area contributed by atoms with E-state index in [1.807, 2.05) is 0 Å². The largest absolute Gasteiger partial charge is 0.310 e. The van der Waals surface area contributed by atoms with Crippen molar-refractivity contribution in [3.8, 4) is 11.1 Å². The molecule has 1 nitrogen and oxygen atoms in total. The number of hydrogen-bond acceptors (Lipinski definition) is 1. The van der Waals surface area contributed by atoms with Gasteiger partial charge in [0.05, 0.1) is 0 Å². The maximum Gasteiger partial charge on any atom is 0.0207 e. The Morgan fingerprint density at radius 3 is 2.35 bits per heavy atom. The number of rotatable bonds is 4. The summed E-state index contributed by atoms with van der Waals surface area (Å²) in [5.74, 6) is 0. The van der Waals surface area contributed by atoms with Gasteiger partial charge >= 0.3 is 0 Å². The van der Waals surface area contributed by atoms with Crippen LogP contribution in [-0.2, 0) is 19.4 Å². The van der Waals surface area contributed by atoms with Gasteiger partial charge in [-0.25, -0.2) is 0 Å². The second-order valence-electron chi connectivity index (χ2n) is 6.07. The fourth-order valence-corrected chi connectivity index (χ4v) is 2.89. The van der Waals surface area contributed by atoms with Gasteiger partial charge < -0.3 is 5.32 Å². The third-order valence-corrected chi connectivity index (χ3v) is 4.10. The second kappa shape index (κ2) is 5.80. The van der Waals surface area contributed by atoms with Crippen LogP contribution < -0.4 is 5.32 Å². The third-order valence-electron chi connectivity index (χ3n) is 4.10. The molecule has 0 saturated carbocycles. The molecule has 2 aromatic rings. The highest BCUT2D eigenvalue weighted by molar-refractivity contribution is 5.65. The molecule has 1 aliphatic carbocycles. The molecular formula is C19H23N. The Morgan fingerprint density at radius 1 is 0.900 bits per heavy atom. The topological polar surface area (TPSA) is 12.0 Å². The number of aryl methyl sites for hydroxylation is 2. The lowest BCUT2D eigenvalue weighted by Gasteiger charge is -2.09. The summed E-state index contributed by atoms with van der Waals surface area (Å²) in [5, 5.41) is 3.45. The summed E-state index contributed by atoms with van der Waals surface area (Å²) < 4.78 is 0. The van der Waals surface area contributed by atoms with E-state index in [4.69, 9.17) is 0 Å². The molecular weight excluding hydrogens is 242 g/mol. The molecule has 20 heavy (non-hydrogen) atoms. The molecule has 0 fully saturated rings. The van der Waals surface area contributed by atoms with Crippen LogP contribution in [0.1, 0.15) is 37.0 Å². The van der Waals surface area contributed by atoms with Crippen molar-refractivity contribution in [2.24, 2.45) is 0 Å². The highest BCUT2D eigenvalue weighted by atomic mass is 14.9. The van der Waals surface area contributed by atoms with Crippen molar-refractivity contribution in [2.75, 3.05) is 0 Å². The summed E-state index contributed by atoms with van der Waals surface area (Å²) >= 11 is 0. The van der Waals surface area contributed by atoms with Crippen molar-refractivity contribution < 1.29 is 0 Å². The molecule has 0 aromatic heterocycles. The lowest BCUT2D eigenvalue weighted by molar-refractivity contribution is 0.589. The normalized spacial score (nSPS) is 13.8. The number of nitrogens with one attached hydrogen (secondary N) is 1. The van der Waals surface area contributed by atoms with Crippen molar-refractivity contribution in [2.45, 2.75) is 45.7 Å². The van der Waals surface area contributed by atoms with Crippen molar-refractivity contribution in [3.05, 3.63) is 59.2 Å². The van der Waals surface area contributed by atoms with Gasteiger partial charge in [-0.3, -0.25) is 0 Å². The van der Waals surface area contributed by atoms with E-state index in [0.29, 0.717) is 6.04 Å². The van der Waals surface area contributed by atoms with Gasteiger partial charge in [-0.2, -0.15) is 0 Å². The highest BCUT2D eigenvalue weighted by Crippen LogP contribution is 2.28. The van der Waals surface area contributed by atoms with Crippen LogP contribution in [0, 0.1) is 0 Å². The van der Waals surface area contributed by atoms with E-state index < -0.39 is 0 Å². The van der Waals surface area contributed by atoms with Crippen LogP contribution in [-0.4, -0.2) is 6.04 Å². The zero-order chi connectivity index (χ0) is 13.9. The fourth-order valence-electron chi connectivity index (χ4n) is 2.89. The van der Waals surface area contributed by atoms with E-state index in [0.717, 1.165) is 6.54 Å². The molecule has 0 amide bonds. The van der Waals surface area contributed by atoms with Crippen molar-refractivity contribution in [1.82, 2.24) is 5.32 Å². The minimum Gasteiger partial charge on any atom is -0.310 e. The van der Waals surface area contributed by atoms with Crippen LogP contribution in [0.3, 0.4) is 0 Å². The molecule has 1 aliphatic rings. The molecule has 3 rings (SSSR count). The summed E-state index contributed by atoms with van der Waals surface area (Å²) in [6.45, 7) is 5.31. The summed E-state index contributed by atoms with van der Waals surface area (Å²) in [5.41, 5.74) is 7.13. The first-order valence-corrected chi connectivity index (χ1v) is 7.67. The first-order valence-electron chi connectivity index (χ1n) is 7.67. The Balaban J connectivity index is 1.77. The van der Waals surface area contributed by atoms with Crippen LogP contribution in [0.4, 0.5) is 0 Å². The van der Waals surface area contributed by atoms with E-state index in [1.54, 1.807) is 11.1 Å². The number of benzene rings is 2. The van der Waals surface area contributed by atoms with Gasteiger partial charge in [0.15, 0.2) is 0 Å². The standard InChI is InChI=1S/C19H23N/c1-14(2)20-13-15-6-8-17(9-7-15)19-11-10-16-4-3-5-18(16)12-19/h6-12,14,20H,3-5,13H2,1-2H3. The average molecular weight is 265 g/mol. The Kier molecular flexibility index (Phi) is 3.88. The number of hydrogen-bond donors (Lipinski definition) is 1. The lowest BCUT2D eigenvalue weighted by atomic mass is 9.99. The summed E-state index contributed by atoms with van der Waals surface area (Å²) in [7, 11) is 0. The Labute approximate surface area is 122 Å². The molecule has 1 N–H and O–H groups in total. The average Bonchev–Trinajstić information content (AvgIpc) is 2.93. The lowest BCUT2D eigenvalue weighted by Crippen LogP contribution is -2.21. The first kappa shape index (κ1) is 13.4. The molecule has 2 aromatic carbocycles. The van der Waals surface area contributed by atoms with Gasteiger partial charge in [-0.1, -0.05) is 56.3 Å². The molecule has 0 radical (unpaired) electrons. The minimum atomic E-state index is 0.534. The molecule has 0 bridgehead atoms. The molecule has 0 heterocycles. The predicted octanol–water partition coefficient (Wildman–Crippen LogP) is 4.34. The zero-order valence-corrected chi connectivity index (χ0v) is 12.4. The van der Waals surface area contributed by atoms with E-state index in [-0.39, 0.29) is 0 Å². The van der Waals surface area contributed by atoms with Crippen molar-refractivity contribution in [3.63, 3.8) is 0 Å². The summed E-state index contributed by atoms with van der Waals surface area (Å²) in [6.07, 6.45) is 3.83. The van der Waals surface area contributed by atoms with E-state index in [1.165, 1.54) is 36.0 Å². The fraction of sp³-hybridized carbons (Fsp3) is 0.368. The van der Waals surface area contributed by atoms with Gasteiger partial charge in [0, 0.05) is 12.6 Å². The van der Waals surface area contributed by atoms with Crippen LogP contribution >= 0.6 is 0 Å². The van der Waals surface area contributed by atoms with Crippen LogP contribution in [0.15, 0.2) is 42.5 Å². The monoisotopic (exact) mass is 265 g/mol. The van der Waals surface area contributed by atoms with Crippen LogP contribution in [0.2, 0.25) is 0 Å². The smallest absolute Gasteiger partial charge is 0.0207 e. The molecule has 1 heteroatoms. The molecule has 0 unspecified atom stereocenters. The quantitative estimate of drug-likeness (QED) is 0.867. The SMILES string of the molecule is CC(C)NCc1ccc(-c2ccc3c(c2)CCC3)cc1. The predicted molar refractivity (Wildman–Crippen MR) is 85.9 cm³/mol. The summed E-state index contributed by atoms with van der Waals surface area (Å²) in [4.78, 5) is 0. The Morgan fingerprint density at radius 2 is 1.60 bits per heavy atom. The summed E-state index contributed by atoms with van der Waals surface area (Å²) in [6, 6.07) is 16.4. The van der Waals surface area contributed by atoms with E-state index in [9.17, 15) is 0 Å².